The van der Waals surface area contributed by atoms with E-state index in [1.807, 2.05) is 0 Å². The molecule has 13 rings (SSSR count). The summed E-state index contributed by atoms with van der Waals surface area (Å²) >= 11 is 0. The van der Waals surface area contributed by atoms with Crippen LogP contribution < -0.4 is 31.8 Å². The standard InChI is InChI=1S/C65H44O2P2/c66-68(50-18-5-1-6-19-50,51-20-7-2-8-21-51)54-36-29-45(30-37-54)48-33-40-57-58-41-34-49(46-31-38-55(39-32-46)69(67,52-22-9-3-10-23-52)53-24-11-4-12-25-53)44-63(58)65(62(57)43-48)60-28-16-15-27-59(60)64-56-26-14-13-17-47(56)35-42-61(64)65/h1-44H/i1D,2D,3D,4D,5D,6D,7D,8D,9D,10D,11D,12D,13D,14D,15D,16D,17D,18D,19D,20D,21D,22D,23D,24D,25D,26D,27D,28D,29D,30D,31D,32D,33D,34D,35D,36D,37D,38D,39D,40D,41D,42D,43D,44D. The monoisotopic (exact) mass is 963 g/mol. The van der Waals surface area contributed by atoms with Gasteiger partial charge in [-0.15, -0.1) is 0 Å². The largest absolute Gasteiger partial charge is 0.309 e. The Labute approximate surface area is 464 Å². The molecule has 0 amide bonds. The van der Waals surface area contributed by atoms with E-state index in [0.717, 1.165) is 0 Å². The molecular weight excluding hydrogens is 875 g/mol. The van der Waals surface area contributed by atoms with Gasteiger partial charge in [0, 0.05) is 31.8 Å². The van der Waals surface area contributed by atoms with Gasteiger partial charge in [-0.3, -0.25) is 0 Å². The lowest BCUT2D eigenvalue weighted by molar-refractivity contribution is 0.591. The minimum atomic E-state index is -6.18. The molecule has 0 saturated heterocycles. The molecule has 0 N–H and O–H groups in total. The number of hydrogen-bond acceptors (Lipinski definition) is 2. The SMILES string of the molecule is [2H]c1c([2H])c([2H])c(P(=O)(c2c([2H])c([2H])c([2H])c([2H])c2[2H])c2c([2H])c([2H])c(-c3c([2H])c([2H])c4c(c3[2H])C3(c5c([2H])c(-c6c([2H])c([2H])c(P(=O)(c7c([2H])c([2H])c([2H])c([2H])c7[2H])c7c([2H])c([2H])c([2H])c([2H])c7[2H])c([2H])c6[2H])c([2H])c([2H])c5-4)c4c([2H])c([2H])c([2H])c([2H])c4-c4c3c([2H])c([2H])c3c([2H])c([2H])c([2H])c([2H])c43)c([2H])c2[2H])c([2H])c1[2H]. The Hall–Kier alpha value is -7.86. The van der Waals surface area contributed by atoms with Gasteiger partial charge in [0.05, 0.1) is 65.7 Å². The third kappa shape index (κ3) is 6.20. The van der Waals surface area contributed by atoms with E-state index in [1.165, 1.54) is 0 Å². The molecule has 69 heavy (non-hydrogen) atoms. The predicted molar refractivity (Wildman–Crippen MR) is 290 cm³/mol. The second-order valence-corrected chi connectivity index (χ2v) is 19.9. The van der Waals surface area contributed by atoms with Crippen molar-refractivity contribution in [2.75, 3.05) is 0 Å². The molecule has 0 aromatic heterocycles. The van der Waals surface area contributed by atoms with Gasteiger partial charge in [0.1, 0.15) is 0 Å². The quantitative estimate of drug-likeness (QED) is 0.142. The molecule has 0 heterocycles. The number of benzene rings is 11. The van der Waals surface area contributed by atoms with E-state index in [2.05, 4.69) is 0 Å². The van der Waals surface area contributed by atoms with Gasteiger partial charge in [0.2, 0.25) is 0 Å². The van der Waals surface area contributed by atoms with Crippen LogP contribution in [0.25, 0.3) is 55.3 Å². The van der Waals surface area contributed by atoms with Crippen molar-refractivity contribution in [1.82, 2.24) is 0 Å². The van der Waals surface area contributed by atoms with E-state index in [0.29, 0.717) is 0 Å². The molecule has 0 fully saturated rings. The number of rotatable bonds is 8. The highest BCUT2D eigenvalue weighted by Crippen LogP contribution is 2.64. The number of fused-ring (bicyclic) bond motifs is 12. The minimum absolute atomic E-state index is 0.834. The fourth-order valence-electron chi connectivity index (χ4n) is 8.42. The first-order chi connectivity index (χ1) is 52.3. The first kappa shape index (κ1) is 16.1. The normalized spacial score (nSPS) is 22.1. The summed E-state index contributed by atoms with van der Waals surface area (Å²) in [4.78, 5) is 0. The third-order valence-corrected chi connectivity index (χ3v) is 16.5. The molecule has 1 spiro atoms. The van der Waals surface area contributed by atoms with Crippen LogP contribution in [0, 0.1) is 0 Å². The second-order valence-electron chi connectivity index (χ2n) is 14.8. The van der Waals surface area contributed by atoms with Gasteiger partial charge in [0.25, 0.3) is 0 Å². The molecule has 0 radical (unpaired) electrons. The van der Waals surface area contributed by atoms with Crippen LogP contribution in [0.3, 0.4) is 0 Å². The van der Waals surface area contributed by atoms with Gasteiger partial charge in [-0.25, -0.2) is 0 Å². The molecule has 11 aromatic carbocycles. The van der Waals surface area contributed by atoms with Crippen LogP contribution in [0.5, 0.6) is 0 Å². The minimum Gasteiger partial charge on any atom is -0.309 e. The van der Waals surface area contributed by atoms with Crippen molar-refractivity contribution in [3.8, 4) is 44.5 Å². The zero-order chi connectivity index (χ0) is 84.5. The molecule has 2 aliphatic rings. The third-order valence-electron chi connectivity index (χ3n) is 11.4. The van der Waals surface area contributed by atoms with Crippen molar-refractivity contribution in [1.29, 1.82) is 0 Å². The summed E-state index contributed by atoms with van der Waals surface area (Å²) in [6.45, 7) is 0. The van der Waals surface area contributed by atoms with Gasteiger partial charge in [-0.1, -0.05) is 254 Å². The summed E-state index contributed by atoms with van der Waals surface area (Å²) in [5, 5.41) is -10.5. The Morgan fingerprint density at radius 3 is 1.13 bits per heavy atom. The zero-order valence-corrected chi connectivity index (χ0v) is 36.0. The summed E-state index contributed by atoms with van der Waals surface area (Å²) in [7, 11) is -12.4. The predicted octanol–water partition coefficient (Wildman–Crippen LogP) is 13.8. The summed E-state index contributed by atoms with van der Waals surface area (Å²) in [5.74, 6) is 0. The van der Waals surface area contributed by atoms with Crippen LogP contribution in [0.15, 0.2) is 266 Å². The van der Waals surface area contributed by atoms with Crippen molar-refractivity contribution in [3.63, 3.8) is 0 Å². The summed E-state index contributed by atoms with van der Waals surface area (Å²) in [5.41, 5.74) is -17.0. The van der Waals surface area contributed by atoms with E-state index in [1.54, 1.807) is 0 Å². The van der Waals surface area contributed by atoms with Crippen LogP contribution in [-0.2, 0) is 14.5 Å². The van der Waals surface area contributed by atoms with Crippen molar-refractivity contribution in [3.05, 3.63) is 288 Å². The molecule has 2 aliphatic carbocycles. The lowest BCUT2D eigenvalue weighted by Gasteiger charge is -2.31. The highest BCUT2D eigenvalue weighted by atomic mass is 31.2. The zero-order valence-electron chi connectivity index (χ0n) is 78.2. The number of hydrogen-bond donors (Lipinski definition) is 0. The van der Waals surface area contributed by atoms with Crippen molar-refractivity contribution < 1.29 is 69.4 Å². The Bertz CT molecular complexity index is 5950. The van der Waals surface area contributed by atoms with Gasteiger partial charge >= 0.3 is 0 Å². The van der Waals surface area contributed by atoms with Gasteiger partial charge < -0.3 is 9.13 Å². The first-order valence-corrected chi connectivity index (χ1v) is 23.4. The second kappa shape index (κ2) is 16.1. The summed E-state index contributed by atoms with van der Waals surface area (Å²) in [6, 6.07) is -59.3. The first-order valence-electron chi connectivity index (χ1n) is 42.0. The van der Waals surface area contributed by atoms with Crippen molar-refractivity contribution in [2.24, 2.45) is 0 Å². The Morgan fingerprint density at radius 1 is 0.290 bits per heavy atom. The van der Waals surface area contributed by atoms with Gasteiger partial charge in [-0.2, -0.15) is 0 Å². The average Bonchev–Trinajstić information content (AvgIpc) is 1.47. The fourth-order valence-corrected chi connectivity index (χ4v) is 12.3. The molecule has 0 unspecified atom stereocenters. The lowest BCUT2D eigenvalue weighted by Crippen LogP contribution is -2.26. The smallest absolute Gasteiger partial charge is 0.171 e. The van der Waals surface area contributed by atoms with E-state index in [4.69, 9.17) is 32.9 Å². The van der Waals surface area contributed by atoms with E-state index >= 15 is 9.13 Å². The molecule has 326 valence electrons. The van der Waals surface area contributed by atoms with Gasteiger partial charge in [-0.05, 0) is 89.6 Å². The summed E-state index contributed by atoms with van der Waals surface area (Å²) < 4.78 is 443. The highest BCUT2D eigenvalue weighted by Gasteiger charge is 2.52. The molecule has 2 nitrogen and oxygen atoms in total. The van der Waals surface area contributed by atoms with Crippen LogP contribution in [0.2, 0.25) is 0 Å². The van der Waals surface area contributed by atoms with Crippen LogP contribution in [-0.4, -0.2) is 0 Å². The molecule has 0 aliphatic heterocycles. The van der Waals surface area contributed by atoms with E-state index in [-0.39, 0.29) is 0 Å². The molecule has 11 aromatic rings. The lowest BCUT2D eigenvalue weighted by atomic mass is 9.69. The molecular formula is C65H44O2P2. The molecule has 0 atom stereocenters. The van der Waals surface area contributed by atoms with E-state index in [9.17, 15) is 27.4 Å². The Balaban J connectivity index is 1.25. The van der Waals surface area contributed by atoms with E-state index < -0.39 is 395 Å². The average molecular weight is 963 g/mol. The van der Waals surface area contributed by atoms with Crippen LogP contribution in [0.1, 0.15) is 82.6 Å². The fraction of sp³-hybridized carbons (Fsp3) is 0.0154. The molecule has 0 saturated carbocycles. The summed E-state index contributed by atoms with van der Waals surface area (Å²) in [6.07, 6.45) is 0. The van der Waals surface area contributed by atoms with Crippen LogP contribution in [0.4, 0.5) is 0 Å². The molecule has 0 bridgehead atoms. The highest BCUT2D eigenvalue weighted by molar-refractivity contribution is 7.85. The maximum Gasteiger partial charge on any atom is 0.171 e. The van der Waals surface area contributed by atoms with Crippen LogP contribution >= 0.6 is 14.3 Å². The van der Waals surface area contributed by atoms with Crippen molar-refractivity contribution in [2.45, 2.75) is 5.41 Å². The topological polar surface area (TPSA) is 34.1 Å². The Morgan fingerprint density at radius 2 is 0.667 bits per heavy atom. The maximum absolute atomic E-state index is 16.8. The Kier molecular flexibility index (Phi) is 3.77. The molecule has 4 heteroatoms. The van der Waals surface area contributed by atoms with Crippen molar-refractivity contribution >= 4 is 56.9 Å². The maximum atomic E-state index is 16.8. The van der Waals surface area contributed by atoms with Gasteiger partial charge in [0.15, 0.2) is 14.3 Å².